The Bertz CT molecular complexity index is 1020. The summed E-state index contributed by atoms with van der Waals surface area (Å²) in [4.78, 5) is 4.77. The molecule has 0 unspecified atom stereocenters. The number of H-pyrrole nitrogens is 1. The van der Waals surface area contributed by atoms with Crippen LogP contribution in [0.15, 0.2) is 55.2 Å². The van der Waals surface area contributed by atoms with Gasteiger partial charge < -0.3 is 0 Å². The standard InChI is InChI=1S/C18H12ClN3/c1-2-11-6-7-13-15(19)9-18(21-17(13)8-11)12-4-3-5-16-14(12)10-20-22-16/h2-10H,1H2,(H,20,22). The molecule has 2 aromatic carbocycles. The Labute approximate surface area is 132 Å². The summed E-state index contributed by atoms with van der Waals surface area (Å²) >= 11 is 6.44. The summed E-state index contributed by atoms with van der Waals surface area (Å²) in [5.41, 5.74) is 4.72. The van der Waals surface area contributed by atoms with Gasteiger partial charge in [0.15, 0.2) is 0 Å². The topological polar surface area (TPSA) is 41.6 Å². The summed E-state index contributed by atoms with van der Waals surface area (Å²) in [6.07, 6.45) is 3.61. The minimum absolute atomic E-state index is 0.691. The van der Waals surface area contributed by atoms with Crippen LogP contribution < -0.4 is 0 Å². The molecule has 0 radical (unpaired) electrons. The maximum Gasteiger partial charge on any atom is 0.0731 e. The van der Waals surface area contributed by atoms with Gasteiger partial charge in [0, 0.05) is 16.3 Å². The zero-order valence-electron chi connectivity index (χ0n) is 11.7. The number of nitrogens with zero attached hydrogens (tertiary/aromatic N) is 2. The third kappa shape index (κ3) is 1.98. The van der Waals surface area contributed by atoms with E-state index in [1.54, 1.807) is 6.08 Å². The van der Waals surface area contributed by atoms with Crippen molar-refractivity contribution in [2.75, 3.05) is 0 Å². The van der Waals surface area contributed by atoms with E-state index in [-0.39, 0.29) is 0 Å². The fourth-order valence-electron chi connectivity index (χ4n) is 2.66. The van der Waals surface area contributed by atoms with E-state index in [9.17, 15) is 0 Å². The average Bonchev–Trinajstić information content (AvgIpc) is 3.02. The van der Waals surface area contributed by atoms with E-state index < -0.39 is 0 Å². The smallest absolute Gasteiger partial charge is 0.0731 e. The molecule has 0 aliphatic heterocycles. The molecule has 0 aliphatic rings. The molecular weight excluding hydrogens is 294 g/mol. The molecule has 1 N–H and O–H groups in total. The molecule has 0 saturated heterocycles. The molecule has 3 nitrogen and oxygen atoms in total. The number of hydrogen-bond acceptors (Lipinski definition) is 2. The second-order valence-electron chi connectivity index (χ2n) is 5.11. The van der Waals surface area contributed by atoms with E-state index >= 15 is 0 Å². The minimum atomic E-state index is 0.691. The summed E-state index contributed by atoms with van der Waals surface area (Å²) in [6, 6.07) is 13.9. The van der Waals surface area contributed by atoms with Crippen LogP contribution in [0, 0.1) is 0 Å². The fourth-order valence-corrected chi connectivity index (χ4v) is 2.92. The lowest BCUT2D eigenvalue weighted by Crippen LogP contribution is -1.88. The molecule has 4 rings (SSSR count). The van der Waals surface area contributed by atoms with Crippen LogP contribution in [0.5, 0.6) is 0 Å². The van der Waals surface area contributed by atoms with Crippen LogP contribution in [-0.2, 0) is 0 Å². The Balaban J connectivity index is 2.02. The molecule has 0 amide bonds. The first kappa shape index (κ1) is 13.0. The van der Waals surface area contributed by atoms with Crippen LogP contribution in [0.4, 0.5) is 0 Å². The first-order chi connectivity index (χ1) is 10.8. The zero-order valence-corrected chi connectivity index (χ0v) is 12.4. The van der Waals surface area contributed by atoms with Crippen molar-refractivity contribution in [2.24, 2.45) is 0 Å². The SMILES string of the molecule is C=Cc1ccc2c(Cl)cc(-c3cccc4[nH]ncc34)nc2c1. The zero-order chi connectivity index (χ0) is 15.1. The van der Waals surface area contributed by atoms with Crippen LogP contribution in [0.2, 0.25) is 5.02 Å². The van der Waals surface area contributed by atoms with Gasteiger partial charge in [-0.25, -0.2) is 4.98 Å². The Morgan fingerprint density at radius 3 is 2.86 bits per heavy atom. The third-order valence-corrected chi connectivity index (χ3v) is 4.09. The van der Waals surface area contributed by atoms with Gasteiger partial charge in [-0.1, -0.05) is 48.5 Å². The van der Waals surface area contributed by atoms with Gasteiger partial charge >= 0.3 is 0 Å². The Kier molecular flexibility index (Phi) is 2.94. The molecule has 0 bridgehead atoms. The van der Waals surface area contributed by atoms with Crippen molar-refractivity contribution in [1.82, 2.24) is 15.2 Å². The van der Waals surface area contributed by atoms with Crippen LogP contribution in [-0.4, -0.2) is 15.2 Å². The number of pyridine rings is 1. The van der Waals surface area contributed by atoms with Crippen LogP contribution in [0.25, 0.3) is 39.1 Å². The monoisotopic (exact) mass is 305 g/mol. The Morgan fingerprint density at radius 1 is 1.09 bits per heavy atom. The number of aromatic nitrogens is 3. The quantitative estimate of drug-likeness (QED) is 0.561. The van der Waals surface area contributed by atoms with Crippen molar-refractivity contribution < 1.29 is 0 Å². The highest BCUT2D eigenvalue weighted by Gasteiger charge is 2.10. The summed E-state index contributed by atoms with van der Waals surface area (Å²) in [5, 5.41) is 9.74. The van der Waals surface area contributed by atoms with Gasteiger partial charge in [0.2, 0.25) is 0 Å². The van der Waals surface area contributed by atoms with Gasteiger partial charge in [-0.2, -0.15) is 5.10 Å². The predicted octanol–water partition coefficient (Wildman–Crippen LogP) is 5.07. The van der Waals surface area contributed by atoms with Crippen molar-refractivity contribution >= 4 is 39.5 Å². The van der Waals surface area contributed by atoms with Crippen molar-refractivity contribution in [3.63, 3.8) is 0 Å². The largest absolute Gasteiger partial charge is 0.278 e. The first-order valence-electron chi connectivity index (χ1n) is 6.91. The fraction of sp³-hybridized carbons (Fsp3) is 0. The van der Waals surface area contributed by atoms with Gasteiger partial charge in [-0.15, -0.1) is 0 Å². The van der Waals surface area contributed by atoms with Crippen molar-refractivity contribution in [1.29, 1.82) is 0 Å². The molecular formula is C18H12ClN3. The van der Waals surface area contributed by atoms with E-state index in [0.717, 1.165) is 38.6 Å². The second-order valence-corrected chi connectivity index (χ2v) is 5.51. The number of benzene rings is 2. The molecule has 2 aromatic heterocycles. The van der Waals surface area contributed by atoms with Gasteiger partial charge in [-0.05, 0) is 23.8 Å². The number of fused-ring (bicyclic) bond motifs is 2. The van der Waals surface area contributed by atoms with Crippen LogP contribution in [0.3, 0.4) is 0 Å². The molecule has 106 valence electrons. The molecule has 4 heteroatoms. The van der Waals surface area contributed by atoms with Crippen LogP contribution >= 0.6 is 11.6 Å². The summed E-state index contributed by atoms with van der Waals surface area (Å²) < 4.78 is 0. The maximum atomic E-state index is 6.44. The van der Waals surface area contributed by atoms with Gasteiger partial charge in [0.1, 0.15) is 0 Å². The summed E-state index contributed by atoms with van der Waals surface area (Å²) in [6.45, 7) is 3.80. The molecule has 22 heavy (non-hydrogen) atoms. The summed E-state index contributed by atoms with van der Waals surface area (Å²) in [7, 11) is 0. The lowest BCUT2D eigenvalue weighted by molar-refractivity contribution is 1.12. The number of rotatable bonds is 2. The minimum Gasteiger partial charge on any atom is -0.278 e. The number of hydrogen-bond donors (Lipinski definition) is 1. The van der Waals surface area contributed by atoms with E-state index in [1.165, 1.54) is 0 Å². The number of halogens is 1. The van der Waals surface area contributed by atoms with E-state index in [4.69, 9.17) is 16.6 Å². The van der Waals surface area contributed by atoms with Gasteiger partial charge in [-0.3, -0.25) is 5.10 Å². The van der Waals surface area contributed by atoms with E-state index in [0.29, 0.717) is 5.02 Å². The maximum absolute atomic E-state index is 6.44. The first-order valence-corrected chi connectivity index (χ1v) is 7.29. The lowest BCUT2D eigenvalue weighted by atomic mass is 10.0. The number of aromatic amines is 1. The molecule has 0 fully saturated rings. The second kappa shape index (κ2) is 4.97. The molecule has 0 saturated carbocycles. The lowest BCUT2D eigenvalue weighted by Gasteiger charge is -2.07. The predicted molar refractivity (Wildman–Crippen MR) is 91.9 cm³/mol. The highest BCUT2D eigenvalue weighted by molar-refractivity contribution is 6.35. The molecule has 0 aliphatic carbocycles. The van der Waals surface area contributed by atoms with Crippen molar-refractivity contribution in [2.45, 2.75) is 0 Å². The van der Waals surface area contributed by atoms with Crippen molar-refractivity contribution in [3.8, 4) is 11.3 Å². The Hall–Kier alpha value is -2.65. The number of nitrogens with one attached hydrogen (secondary N) is 1. The van der Waals surface area contributed by atoms with E-state index in [1.807, 2.05) is 48.7 Å². The molecule has 0 atom stereocenters. The highest BCUT2D eigenvalue weighted by Crippen LogP contribution is 2.32. The van der Waals surface area contributed by atoms with Crippen molar-refractivity contribution in [3.05, 3.63) is 65.8 Å². The highest BCUT2D eigenvalue weighted by atomic mass is 35.5. The molecule has 2 heterocycles. The van der Waals surface area contributed by atoms with E-state index in [2.05, 4.69) is 16.8 Å². The normalized spacial score (nSPS) is 11.1. The summed E-state index contributed by atoms with van der Waals surface area (Å²) in [5.74, 6) is 0. The van der Waals surface area contributed by atoms with Crippen LogP contribution in [0.1, 0.15) is 5.56 Å². The Morgan fingerprint density at radius 2 is 2.00 bits per heavy atom. The van der Waals surface area contributed by atoms with Gasteiger partial charge in [0.25, 0.3) is 0 Å². The molecule has 4 aromatic rings. The molecule has 0 spiro atoms. The van der Waals surface area contributed by atoms with Gasteiger partial charge in [0.05, 0.1) is 27.9 Å². The average molecular weight is 306 g/mol. The third-order valence-electron chi connectivity index (χ3n) is 3.78.